The summed E-state index contributed by atoms with van der Waals surface area (Å²) in [5, 5.41) is 11.1. The van der Waals surface area contributed by atoms with Crippen molar-refractivity contribution in [1.29, 1.82) is 0 Å². The Morgan fingerprint density at radius 3 is 2.15 bits per heavy atom. The third kappa shape index (κ3) is 4.84. The minimum absolute atomic E-state index is 0.248. The highest BCUT2D eigenvalue weighted by molar-refractivity contribution is 6.06. The van der Waals surface area contributed by atoms with Gasteiger partial charge in [0.05, 0.1) is 34.0 Å². The van der Waals surface area contributed by atoms with Gasteiger partial charge in [0.2, 0.25) is 11.7 Å². The molecular weight excluding hydrogens is 498 g/mol. The van der Waals surface area contributed by atoms with Crippen molar-refractivity contribution in [3.8, 4) is 34.4 Å². The minimum atomic E-state index is -0.556. The number of nitrogens with one attached hydrogen (secondary N) is 2. The second kappa shape index (κ2) is 10.8. The molecule has 0 spiro atoms. The number of para-hydroxylation sites is 1. The molecule has 1 atom stereocenters. The molecule has 2 N–H and O–H groups in total. The van der Waals surface area contributed by atoms with E-state index in [0.29, 0.717) is 57.3 Å². The molecule has 5 rings (SSSR count). The van der Waals surface area contributed by atoms with Gasteiger partial charge in [0.1, 0.15) is 11.8 Å². The zero-order valence-corrected chi connectivity index (χ0v) is 22.3. The van der Waals surface area contributed by atoms with Crippen molar-refractivity contribution in [1.82, 2.24) is 14.8 Å². The van der Waals surface area contributed by atoms with Crippen LogP contribution in [-0.2, 0) is 4.79 Å². The van der Waals surface area contributed by atoms with Crippen LogP contribution in [0.15, 0.2) is 78.0 Å². The summed E-state index contributed by atoms with van der Waals surface area (Å²) >= 11 is 0. The molecule has 0 radical (unpaired) electrons. The molecule has 0 fully saturated rings. The Labute approximate surface area is 226 Å². The van der Waals surface area contributed by atoms with Gasteiger partial charge in [-0.2, -0.15) is 4.98 Å². The fourth-order valence-electron chi connectivity index (χ4n) is 4.59. The highest BCUT2D eigenvalue weighted by atomic mass is 16.5. The lowest BCUT2D eigenvalue weighted by atomic mass is 9.95. The second-order valence-electron chi connectivity index (χ2n) is 8.78. The topological polar surface area (TPSA) is 109 Å². The van der Waals surface area contributed by atoms with E-state index in [9.17, 15) is 4.79 Å². The zero-order chi connectivity index (χ0) is 27.5. The number of fused-ring (bicyclic) bond motifs is 1. The van der Waals surface area contributed by atoms with Gasteiger partial charge in [-0.3, -0.25) is 4.79 Å². The number of rotatable bonds is 8. The van der Waals surface area contributed by atoms with E-state index in [1.54, 1.807) is 45.3 Å². The number of nitrogens with zero attached hydrogens (tertiary/aromatic N) is 3. The molecular formula is C29H29N5O5. The Hall–Kier alpha value is -4.99. The van der Waals surface area contributed by atoms with Gasteiger partial charge in [-0.05, 0) is 48.9 Å². The predicted octanol–water partition coefficient (Wildman–Crippen LogP) is 4.91. The van der Waals surface area contributed by atoms with Crippen molar-refractivity contribution in [2.45, 2.75) is 13.0 Å². The molecule has 0 saturated heterocycles. The van der Waals surface area contributed by atoms with Gasteiger partial charge in [0, 0.05) is 16.9 Å². The number of carbonyl (C=O) groups is 1. The third-order valence-corrected chi connectivity index (χ3v) is 6.48. The molecule has 39 heavy (non-hydrogen) atoms. The van der Waals surface area contributed by atoms with Crippen molar-refractivity contribution >= 4 is 17.5 Å². The fraction of sp³-hybridized carbons (Fsp3) is 0.207. The van der Waals surface area contributed by atoms with Crippen LogP contribution >= 0.6 is 0 Å². The fourth-order valence-corrected chi connectivity index (χ4v) is 4.59. The van der Waals surface area contributed by atoms with Crippen LogP contribution in [0, 0.1) is 0 Å². The zero-order valence-electron chi connectivity index (χ0n) is 22.3. The summed E-state index contributed by atoms with van der Waals surface area (Å²) in [5.41, 5.74) is 3.38. The predicted molar refractivity (Wildman–Crippen MR) is 148 cm³/mol. The van der Waals surface area contributed by atoms with Crippen LogP contribution in [-0.4, -0.2) is 49.1 Å². The van der Waals surface area contributed by atoms with Crippen LogP contribution in [0.5, 0.6) is 23.0 Å². The lowest BCUT2D eigenvalue weighted by Crippen LogP contribution is -2.31. The van der Waals surface area contributed by atoms with Crippen LogP contribution in [0.1, 0.15) is 18.5 Å². The van der Waals surface area contributed by atoms with E-state index in [0.717, 1.165) is 5.56 Å². The number of amides is 1. The van der Waals surface area contributed by atoms with Gasteiger partial charge in [0.15, 0.2) is 17.3 Å². The molecule has 4 aromatic rings. The van der Waals surface area contributed by atoms with Crippen LogP contribution in [0.3, 0.4) is 0 Å². The molecule has 1 aromatic heterocycles. The molecule has 200 valence electrons. The van der Waals surface area contributed by atoms with Crippen LogP contribution in [0.25, 0.3) is 11.4 Å². The summed E-state index contributed by atoms with van der Waals surface area (Å²) in [5.74, 6) is 2.82. The van der Waals surface area contributed by atoms with E-state index in [2.05, 4.69) is 10.6 Å². The number of aromatic nitrogens is 3. The quantitative estimate of drug-likeness (QED) is 0.333. The Balaban J connectivity index is 1.62. The number of methoxy groups -OCH3 is 4. The normalized spacial score (nSPS) is 14.2. The second-order valence-corrected chi connectivity index (χ2v) is 8.78. The summed E-state index contributed by atoms with van der Waals surface area (Å²) in [6.07, 6.45) is 0. The Morgan fingerprint density at radius 2 is 1.56 bits per heavy atom. The molecule has 1 aliphatic rings. The number of benzene rings is 3. The van der Waals surface area contributed by atoms with Gasteiger partial charge >= 0.3 is 0 Å². The van der Waals surface area contributed by atoms with Crippen molar-refractivity contribution in [3.63, 3.8) is 0 Å². The highest BCUT2D eigenvalue weighted by Crippen LogP contribution is 2.42. The van der Waals surface area contributed by atoms with Crippen LogP contribution in [0.2, 0.25) is 0 Å². The van der Waals surface area contributed by atoms with Crippen LogP contribution in [0.4, 0.5) is 11.6 Å². The summed E-state index contributed by atoms with van der Waals surface area (Å²) < 4.78 is 23.6. The summed E-state index contributed by atoms with van der Waals surface area (Å²) in [4.78, 5) is 18.4. The molecule has 2 heterocycles. The first kappa shape index (κ1) is 25.7. The van der Waals surface area contributed by atoms with Gasteiger partial charge in [-0.1, -0.05) is 30.3 Å². The molecule has 0 bridgehead atoms. The molecule has 3 aromatic carbocycles. The largest absolute Gasteiger partial charge is 0.497 e. The average molecular weight is 528 g/mol. The van der Waals surface area contributed by atoms with Crippen molar-refractivity contribution in [2.75, 3.05) is 39.1 Å². The number of ether oxygens (including phenoxy) is 4. The lowest BCUT2D eigenvalue weighted by Gasteiger charge is -2.28. The molecule has 0 saturated carbocycles. The van der Waals surface area contributed by atoms with E-state index < -0.39 is 6.04 Å². The Bertz CT molecular complexity index is 1500. The molecule has 1 aliphatic heterocycles. The SMILES string of the molecule is COc1ccc(C2C(C(=O)Nc3ccccc3)=C(C)Nc3nc(-c4cc(OC)c(OC)c(OC)c4)nn32)cc1. The number of anilines is 2. The van der Waals surface area contributed by atoms with E-state index in [1.807, 2.05) is 61.5 Å². The van der Waals surface area contributed by atoms with E-state index in [-0.39, 0.29) is 5.91 Å². The number of carbonyl (C=O) groups excluding carboxylic acids is 1. The smallest absolute Gasteiger partial charge is 0.255 e. The first-order valence-corrected chi connectivity index (χ1v) is 12.2. The molecule has 10 nitrogen and oxygen atoms in total. The molecule has 1 amide bonds. The number of allylic oxidation sites excluding steroid dienone is 1. The minimum Gasteiger partial charge on any atom is -0.497 e. The monoisotopic (exact) mass is 527 g/mol. The number of hydrogen-bond donors (Lipinski definition) is 2. The van der Waals surface area contributed by atoms with Gasteiger partial charge in [-0.15, -0.1) is 5.10 Å². The number of hydrogen-bond acceptors (Lipinski definition) is 8. The highest BCUT2D eigenvalue weighted by Gasteiger charge is 2.35. The molecule has 0 aliphatic carbocycles. The first-order chi connectivity index (χ1) is 19.0. The average Bonchev–Trinajstić information content (AvgIpc) is 3.39. The lowest BCUT2D eigenvalue weighted by molar-refractivity contribution is -0.113. The summed E-state index contributed by atoms with van der Waals surface area (Å²) in [6, 6.07) is 19.9. The standard InChI is InChI=1S/C29H29N5O5/c1-17-24(28(35)31-20-9-7-6-8-10-20)25(18-11-13-21(36-2)14-12-18)34-29(30-17)32-27(33-34)19-15-22(37-3)26(39-5)23(16-19)38-4/h6-16,25H,1-5H3,(H,31,35)(H,30,32,33). The van der Waals surface area contributed by atoms with E-state index in [4.69, 9.17) is 29.0 Å². The first-order valence-electron chi connectivity index (χ1n) is 12.2. The summed E-state index contributed by atoms with van der Waals surface area (Å²) in [7, 11) is 6.27. The maximum atomic E-state index is 13.7. The summed E-state index contributed by atoms with van der Waals surface area (Å²) in [6.45, 7) is 1.85. The van der Waals surface area contributed by atoms with Gasteiger partial charge in [-0.25, -0.2) is 4.68 Å². The maximum absolute atomic E-state index is 13.7. The van der Waals surface area contributed by atoms with Gasteiger partial charge < -0.3 is 29.6 Å². The van der Waals surface area contributed by atoms with Crippen molar-refractivity contribution in [3.05, 3.63) is 83.6 Å². The molecule has 10 heteroatoms. The Kier molecular flexibility index (Phi) is 7.09. The van der Waals surface area contributed by atoms with E-state index in [1.165, 1.54) is 0 Å². The van der Waals surface area contributed by atoms with Crippen LogP contribution < -0.4 is 29.6 Å². The molecule has 1 unspecified atom stereocenters. The van der Waals surface area contributed by atoms with E-state index >= 15 is 0 Å². The third-order valence-electron chi connectivity index (χ3n) is 6.48. The van der Waals surface area contributed by atoms with Crippen molar-refractivity contribution in [2.24, 2.45) is 0 Å². The maximum Gasteiger partial charge on any atom is 0.255 e. The van der Waals surface area contributed by atoms with Gasteiger partial charge in [0.25, 0.3) is 5.91 Å². The Morgan fingerprint density at radius 1 is 0.897 bits per heavy atom. The van der Waals surface area contributed by atoms with Crippen molar-refractivity contribution < 1.29 is 23.7 Å².